The predicted molar refractivity (Wildman–Crippen MR) is 82.3 cm³/mol. The highest BCUT2D eigenvalue weighted by Crippen LogP contribution is 2.36. The zero-order valence-corrected chi connectivity index (χ0v) is 12.7. The molecule has 1 aliphatic rings. The maximum Gasteiger partial charge on any atom is 0.125 e. The predicted octanol–water partition coefficient (Wildman–Crippen LogP) is 2.59. The normalized spacial score (nSPS) is 21.1. The van der Waals surface area contributed by atoms with Crippen molar-refractivity contribution in [3.05, 3.63) is 29.8 Å². The Morgan fingerprint density at radius 2 is 2.16 bits per heavy atom. The summed E-state index contributed by atoms with van der Waals surface area (Å²) in [6.07, 6.45) is -0.462. The fraction of sp³-hybridized carbons (Fsp3) is 0.571. The third-order valence-electron chi connectivity index (χ3n) is 2.98. The number of aliphatic hydroxyl groups excluding tert-OH is 1. The first-order valence-corrected chi connectivity index (χ1v) is 8.61. The Morgan fingerprint density at radius 3 is 2.89 bits per heavy atom. The van der Waals surface area contributed by atoms with E-state index in [0.29, 0.717) is 13.2 Å². The Labute approximate surface area is 123 Å². The van der Waals surface area contributed by atoms with Gasteiger partial charge in [0.05, 0.1) is 12.7 Å². The van der Waals surface area contributed by atoms with Gasteiger partial charge in [0, 0.05) is 35.2 Å². The molecule has 19 heavy (non-hydrogen) atoms. The number of hydrogen-bond acceptors (Lipinski definition) is 5. The van der Waals surface area contributed by atoms with Crippen LogP contribution in [0.15, 0.2) is 24.3 Å². The molecule has 2 atom stereocenters. The molecule has 0 amide bonds. The summed E-state index contributed by atoms with van der Waals surface area (Å²) in [5, 5.41) is 10.8. The highest BCUT2D eigenvalue weighted by molar-refractivity contribution is 8.06. The lowest BCUT2D eigenvalue weighted by Gasteiger charge is -2.27. The Bertz CT molecular complexity index is 381. The molecular formula is C14H20O3S2. The number of hydrogen-bond donors (Lipinski definition) is 1. The van der Waals surface area contributed by atoms with Crippen LogP contribution in [0.5, 0.6) is 5.75 Å². The molecule has 0 aliphatic carbocycles. The molecule has 2 rings (SSSR count). The average molecular weight is 300 g/mol. The van der Waals surface area contributed by atoms with Crippen molar-refractivity contribution in [2.45, 2.75) is 11.4 Å². The van der Waals surface area contributed by atoms with Gasteiger partial charge < -0.3 is 14.6 Å². The summed E-state index contributed by atoms with van der Waals surface area (Å²) in [6, 6.07) is 7.74. The van der Waals surface area contributed by atoms with E-state index < -0.39 is 6.10 Å². The second-order valence-corrected chi connectivity index (χ2v) is 6.80. The van der Waals surface area contributed by atoms with E-state index in [1.54, 1.807) is 7.11 Å². The van der Waals surface area contributed by atoms with Crippen LogP contribution < -0.4 is 4.74 Å². The standard InChI is InChI=1S/C14H20O3S2/c1-16-6-7-17-12-5-3-2-4-11(12)14(15)13-10-18-8-9-19-13/h2-5,13-15H,6-10H2,1H3. The van der Waals surface area contributed by atoms with Crippen molar-refractivity contribution in [1.82, 2.24) is 0 Å². The van der Waals surface area contributed by atoms with Crippen LogP contribution in [0.1, 0.15) is 11.7 Å². The van der Waals surface area contributed by atoms with Crippen molar-refractivity contribution < 1.29 is 14.6 Å². The maximum absolute atomic E-state index is 10.5. The lowest BCUT2D eigenvalue weighted by Crippen LogP contribution is -2.23. The van der Waals surface area contributed by atoms with Gasteiger partial charge in [0.1, 0.15) is 12.4 Å². The molecule has 1 fully saturated rings. The van der Waals surface area contributed by atoms with Gasteiger partial charge in [-0.05, 0) is 6.07 Å². The fourth-order valence-corrected chi connectivity index (χ4v) is 4.72. The summed E-state index contributed by atoms with van der Waals surface area (Å²) >= 11 is 3.76. The van der Waals surface area contributed by atoms with E-state index in [1.165, 1.54) is 5.75 Å². The van der Waals surface area contributed by atoms with Gasteiger partial charge in [0.25, 0.3) is 0 Å². The van der Waals surface area contributed by atoms with E-state index >= 15 is 0 Å². The van der Waals surface area contributed by atoms with Gasteiger partial charge in [0.2, 0.25) is 0 Å². The number of benzene rings is 1. The molecule has 1 heterocycles. The van der Waals surface area contributed by atoms with E-state index in [2.05, 4.69) is 0 Å². The second-order valence-electron chi connectivity index (χ2n) is 4.31. The quantitative estimate of drug-likeness (QED) is 0.818. The SMILES string of the molecule is COCCOc1ccccc1C(O)C1CSCCS1. The van der Waals surface area contributed by atoms with Crippen molar-refractivity contribution in [3.63, 3.8) is 0 Å². The van der Waals surface area contributed by atoms with Crippen molar-refractivity contribution >= 4 is 23.5 Å². The van der Waals surface area contributed by atoms with Gasteiger partial charge in [-0.2, -0.15) is 23.5 Å². The van der Waals surface area contributed by atoms with Gasteiger partial charge in [-0.3, -0.25) is 0 Å². The first kappa shape index (κ1) is 15.0. The van der Waals surface area contributed by atoms with Gasteiger partial charge in [0.15, 0.2) is 0 Å². The minimum atomic E-state index is -0.462. The zero-order valence-electron chi connectivity index (χ0n) is 11.1. The summed E-state index contributed by atoms with van der Waals surface area (Å²) in [5.41, 5.74) is 0.888. The second kappa shape index (κ2) is 8.04. The molecule has 1 aliphatic heterocycles. The summed E-state index contributed by atoms with van der Waals surface area (Å²) in [5.74, 6) is 4.06. The molecule has 0 spiro atoms. The summed E-state index contributed by atoms with van der Waals surface area (Å²) in [4.78, 5) is 0. The third-order valence-corrected chi connectivity index (χ3v) is 5.83. The van der Waals surface area contributed by atoms with Crippen LogP contribution in [-0.4, -0.2) is 47.9 Å². The molecule has 0 radical (unpaired) electrons. The third kappa shape index (κ3) is 4.31. The van der Waals surface area contributed by atoms with E-state index in [-0.39, 0.29) is 5.25 Å². The fourth-order valence-electron chi connectivity index (χ4n) is 1.98. The van der Waals surface area contributed by atoms with E-state index in [1.807, 2.05) is 47.8 Å². The molecule has 3 nitrogen and oxygen atoms in total. The average Bonchev–Trinajstić information content (AvgIpc) is 2.48. The molecule has 0 aromatic heterocycles. The Kier molecular flexibility index (Phi) is 6.37. The van der Waals surface area contributed by atoms with E-state index in [0.717, 1.165) is 22.8 Å². The summed E-state index contributed by atoms with van der Waals surface area (Å²) in [6.45, 7) is 1.06. The lowest BCUT2D eigenvalue weighted by molar-refractivity contribution is 0.139. The van der Waals surface area contributed by atoms with Crippen molar-refractivity contribution in [3.8, 4) is 5.75 Å². The van der Waals surface area contributed by atoms with Crippen LogP contribution in [0.4, 0.5) is 0 Å². The van der Waals surface area contributed by atoms with Crippen LogP contribution >= 0.6 is 23.5 Å². The maximum atomic E-state index is 10.5. The number of para-hydroxylation sites is 1. The molecule has 1 saturated heterocycles. The number of aliphatic hydroxyl groups is 1. The molecule has 2 unspecified atom stereocenters. The molecule has 0 saturated carbocycles. The van der Waals surface area contributed by atoms with Crippen molar-refractivity contribution in [1.29, 1.82) is 0 Å². The van der Waals surface area contributed by atoms with Crippen molar-refractivity contribution in [2.24, 2.45) is 0 Å². The van der Waals surface area contributed by atoms with Crippen molar-refractivity contribution in [2.75, 3.05) is 37.6 Å². The van der Waals surface area contributed by atoms with Crippen LogP contribution in [0, 0.1) is 0 Å². The molecule has 0 bridgehead atoms. The van der Waals surface area contributed by atoms with Crippen LogP contribution in [0.25, 0.3) is 0 Å². The smallest absolute Gasteiger partial charge is 0.125 e. The molecule has 1 aromatic carbocycles. The topological polar surface area (TPSA) is 38.7 Å². The molecule has 1 aromatic rings. The molecule has 5 heteroatoms. The summed E-state index contributed by atoms with van der Waals surface area (Å²) < 4.78 is 10.7. The molecular weight excluding hydrogens is 280 g/mol. The highest BCUT2D eigenvalue weighted by Gasteiger charge is 2.26. The lowest BCUT2D eigenvalue weighted by atomic mass is 10.1. The first-order chi connectivity index (χ1) is 9.33. The highest BCUT2D eigenvalue weighted by atomic mass is 32.2. The minimum absolute atomic E-state index is 0.255. The van der Waals surface area contributed by atoms with E-state index in [9.17, 15) is 5.11 Å². The number of ether oxygens (including phenoxy) is 2. The van der Waals surface area contributed by atoms with Crippen LogP contribution in [0.2, 0.25) is 0 Å². The van der Waals surface area contributed by atoms with Gasteiger partial charge in [-0.25, -0.2) is 0 Å². The molecule has 106 valence electrons. The monoisotopic (exact) mass is 300 g/mol. The zero-order chi connectivity index (χ0) is 13.5. The Morgan fingerprint density at radius 1 is 1.32 bits per heavy atom. The van der Waals surface area contributed by atoms with Gasteiger partial charge >= 0.3 is 0 Å². The van der Waals surface area contributed by atoms with E-state index in [4.69, 9.17) is 9.47 Å². The van der Waals surface area contributed by atoms with Gasteiger partial charge in [-0.15, -0.1) is 0 Å². The number of rotatable bonds is 6. The first-order valence-electron chi connectivity index (χ1n) is 6.41. The Hall–Kier alpha value is -0.360. The van der Waals surface area contributed by atoms with Gasteiger partial charge in [-0.1, -0.05) is 18.2 Å². The van der Waals surface area contributed by atoms with Crippen LogP contribution in [-0.2, 0) is 4.74 Å². The van der Waals surface area contributed by atoms with Crippen LogP contribution in [0.3, 0.4) is 0 Å². The Balaban J connectivity index is 2.04. The minimum Gasteiger partial charge on any atom is -0.491 e. The largest absolute Gasteiger partial charge is 0.491 e. The number of methoxy groups -OCH3 is 1. The number of thioether (sulfide) groups is 2. The molecule has 1 N–H and O–H groups in total. The summed E-state index contributed by atoms with van der Waals surface area (Å²) in [7, 11) is 1.65.